The smallest absolute Gasteiger partial charge is 0.253 e. The lowest BCUT2D eigenvalue weighted by Crippen LogP contribution is -2.27. The molecule has 2 aromatic carbocycles. The maximum Gasteiger partial charge on any atom is 0.253 e. The number of nitrogens with two attached hydrogens (primary N) is 1. The average molecular weight is 323 g/mol. The van der Waals surface area contributed by atoms with E-state index in [0.29, 0.717) is 17.2 Å². The second kappa shape index (κ2) is 6.95. The van der Waals surface area contributed by atoms with E-state index in [0.717, 1.165) is 37.3 Å². The van der Waals surface area contributed by atoms with E-state index in [4.69, 9.17) is 5.73 Å². The van der Waals surface area contributed by atoms with Gasteiger partial charge >= 0.3 is 0 Å². The SMILES string of the molecule is CC(C)c1ccc(Nc2ccc(C(=O)N3CCCC3)cc2N)cc1. The number of anilines is 3. The fraction of sp³-hybridized carbons (Fsp3) is 0.350. The van der Waals surface area contributed by atoms with E-state index in [1.807, 2.05) is 17.0 Å². The predicted octanol–water partition coefficient (Wildman–Crippen LogP) is 4.37. The molecule has 4 nitrogen and oxygen atoms in total. The summed E-state index contributed by atoms with van der Waals surface area (Å²) in [5.41, 5.74) is 10.5. The minimum atomic E-state index is 0.0760. The second-order valence-corrected chi connectivity index (χ2v) is 6.70. The fourth-order valence-electron chi connectivity index (χ4n) is 3.02. The van der Waals surface area contributed by atoms with Crippen molar-refractivity contribution >= 4 is 23.0 Å². The van der Waals surface area contributed by atoms with Crippen molar-refractivity contribution in [3.63, 3.8) is 0 Å². The number of benzene rings is 2. The lowest BCUT2D eigenvalue weighted by atomic mass is 10.0. The van der Waals surface area contributed by atoms with Gasteiger partial charge < -0.3 is 16.0 Å². The van der Waals surface area contributed by atoms with Crippen LogP contribution < -0.4 is 11.1 Å². The van der Waals surface area contributed by atoms with Crippen LogP contribution in [0, 0.1) is 0 Å². The van der Waals surface area contributed by atoms with E-state index in [1.54, 1.807) is 6.07 Å². The molecule has 1 amide bonds. The highest BCUT2D eigenvalue weighted by molar-refractivity contribution is 5.96. The van der Waals surface area contributed by atoms with E-state index < -0.39 is 0 Å². The summed E-state index contributed by atoms with van der Waals surface area (Å²) in [7, 11) is 0. The third kappa shape index (κ3) is 3.53. The Balaban J connectivity index is 1.73. The molecule has 24 heavy (non-hydrogen) atoms. The Bertz CT molecular complexity index is 716. The van der Waals surface area contributed by atoms with Crippen LogP contribution in [-0.4, -0.2) is 23.9 Å². The molecule has 126 valence electrons. The topological polar surface area (TPSA) is 58.4 Å². The third-order valence-electron chi connectivity index (χ3n) is 4.55. The number of hydrogen-bond acceptors (Lipinski definition) is 3. The normalized spacial score (nSPS) is 14.2. The first-order chi connectivity index (χ1) is 11.5. The van der Waals surface area contributed by atoms with Gasteiger partial charge in [0.25, 0.3) is 5.91 Å². The van der Waals surface area contributed by atoms with Crippen LogP contribution in [0.1, 0.15) is 48.5 Å². The van der Waals surface area contributed by atoms with Crippen molar-refractivity contribution in [2.45, 2.75) is 32.6 Å². The zero-order valence-electron chi connectivity index (χ0n) is 14.4. The van der Waals surface area contributed by atoms with E-state index >= 15 is 0 Å². The Hall–Kier alpha value is -2.49. The van der Waals surface area contributed by atoms with Gasteiger partial charge in [-0.3, -0.25) is 4.79 Å². The molecule has 1 saturated heterocycles. The molecule has 0 bridgehead atoms. The minimum Gasteiger partial charge on any atom is -0.397 e. The molecule has 3 N–H and O–H groups in total. The van der Waals surface area contributed by atoms with Gasteiger partial charge in [0.1, 0.15) is 0 Å². The van der Waals surface area contributed by atoms with Gasteiger partial charge in [-0.25, -0.2) is 0 Å². The Morgan fingerprint density at radius 3 is 2.33 bits per heavy atom. The number of carbonyl (C=O) groups is 1. The van der Waals surface area contributed by atoms with Gasteiger partial charge in [0.05, 0.1) is 11.4 Å². The van der Waals surface area contributed by atoms with Gasteiger partial charge in [0.15, 0.2) is 0 Å². The first-order valence-corrected chi connectivity index (χ1v) is 8.60. The van der Waals surface area contributed by atoms with E-state index in [9.17, 15) is 4.79 Å². The van der Waals surface area contributed by atoms with E-state index in [1.165, 1.54) is 5.56 Å². The summed E-state index contributed by atoms with van der Waals surface area (Å²) in [6.07, 6.45) is 2.18. The van der Waals surface area contributed by atoms with Crippen LogP contribution in [0.25, 0.3) is 0 Å². The molecule has 1 aliphatic heterocycles. The standard InChI is InChI=1S/C20H25N3O/c1-14(2)15-5-8-17(9-6-15)22-19-10-7-16(13-18(19)21)20(24)23-11-3-4-12-23/h5-10,13-14,22H,3-4,11-12,21H2,1-2H3. The monoisotopic (exact) mass is 323 g/mol. The van der Waals surface area contributed by atoms with Gasteiger partial charge in [-0.05, 0) is 54.7 Å². The lowest BCUT2D eigenvalue weighted by Gasteiger charge is -2.17. The number of amides is 1. The van der Waals surface area contributed by atoms with Crippen LogP contribution in [0.5, 0.6) is 0 Å². The van der Waals surface area contributed by atoms with Crippen LogP contribution in [-0.2, 0) is 0 Å². The average Bonchev–Trinajstić information content (AvgIpc) is 3.11. The molecule has 0 aliphatic carbocycles. The van der Waals surface area contributed by atoms with Crippen molar-refractivity contribution in [3.8, 4) is 0 Å². The Labute approximate surface area is 143 Å². The van der Waals surface area contributed by atoms with E-state index in [2.05, 4.69) is 43.4 Å². The summed E-state index contributed by atoms with van der Waals surface area (Å²) >= 11 is 0. The predicted molar refractivity (Wildman–Crippen MR) is 99.8 cm³/mol. The van der Waals surface area contributed by atoms with E-state index in [-0.39, 0.29) is 5.91 Å². The molecule has 0 aromatic heterocycles. The molecule has 1 heterocycles. The molecule has 0 spiro atoms. The summed E-state index contributed by atoms with van der Waals surface area (Å²) in [6.45, 7) is 6.05. The van der Waals surface area contributed by atoms with Gasteiger partial charge in [-0.15, -0.1) is 0 Å². The Kier molecular flexibility index (Phi) is 4.74. The molecule has 1 fully saturated rings. The summed E-state index contributed by atoms with van der Waals surface area (Å²) in [5.74, 6) is 0.590. The Morgan fingerprint density at radius 2 is 1.75 bits per heavy atom. The van der Waals surface area contributed by atoms with Gasteiger partial charge in [0.2, 0.25) is 0 Å². The number of carbonyl (C=O) groups excluding carboxylic acids is 1. The van der Waals surface area contributed by atoms with Crippen LogP contribution in [0.4, 0.5) is 17.1 Å². The largest absolute Gasteiger partial charge is 0.397 e. The minimum absolute atomic E-state index is 0.0760. The van der Waals surface area contributed by atoms with Crippen LogP contribution in [0.15, 0.2) is 42.5 Å². The molecule has 3 rings (SSSR count). The van der Waals surface area contributed by atoms with Gasteiger partial charge in [-0.2, -0.15) is 0 Å². The fourth-order valence-corrected chi connectivity index (χ4v) is 3.02. The number of hydrogen-bond donors (Lipinski definition) is 2. The highest BCUT2D eigenvalue weighted by atomic mass is 16.2. The van der Waals surface area contributed by atoms with Gasteiger partial charge in [-0.1, -0.05) is 26.0 Å². The number of likely N-dealkylation sites (tertiary alicyclic amines) is 1. The highest BCUT2D eigenvalue weighted by Gasteiger charge is 2.19. The Morgan fingerprint density at radius 1 is 1.08 bits per heavy atom. The zero-order chi connectivity index (χ0) is 17.1. The van der Waals surface area contributed by atoms with Crippen LogP contribution >= 0.6 is 0 Å². The zero-order valence-corrected chi connectivity index (χ0v) is 14.4. The molecular formula is C20H25N3O. The molecule has 0 atom stereocenters. The lowest BCUT2D eigenvalue weighted by molar-refractivity contribution is 0.0793. The summed E-state index contributed by atoms with van der Waals surface area (Å²) in [5, 5.41) is 3.32. The quantitative estimate of drug-likeness (QED) is 0.821. The van der Waals surface area contributed by atoms with Crippen molar-refractivity contribution in [2.75, 3.05) is 24.1 Å². The number of nitrogens with one attached hydrogen (secondary N) is 1. The molecule has 0 unspecified atom stereocenters. The van der Waals surface area contributed by atoms with Crippen molar-refractivity contribution in [1.29, 1.82) is 0 Å². The molecule has 4 heteroatoms. The summed E-state index contributed by atoms with van der Waals surface area (Å²) in [6, 6.07) is 13.8. The second-order valence-electron chi connectivity index (χ2n) is 6.70. The van der Waals surface area contributed by atoms with Crippen molar-refractivity contribution in [1.82, 2.24) is 4.90 Å². The number of nitrogens with zero attached hydrogens (tertiary/aromatic N) is 1. The first kappa shape index (κ1) is 16.4. The third-order valence-corrected chi connectivity index (χ3v) is 4.55. The molecule has 2 aromatic rings. The number of nitrogen functional groups attached to an aromatic ring is 1. The van der Waals surface area contributed by atoms with Crippen molar-refractivity contribution in [2.24, 2.45) is 0 Å². The summed E-state index contributed by atoms with van der Waals surface area (Å²) in [4.78, 5) is 14.3. The maximum atomic E-state index is 12.4. The molecule has 0 radical (unpaired) electrons. The van der Waals surface area contributed by atoms with Gasteiger partial charge in [0, 0.05) is 24.3 Å². The first-order valence-electron chi connectivity index (χ1n) is 8.60. The number of rotatable bonds is 4. The van der Waals surface area contributed by atoms with Crippen LogP contribution in [0.3, 0.4) is 0 Å². The highest BCUT2D eigenvalue weighted by Crippen LogP contribution is 2.26. The summed E-state index contributed by atoms with van der Waals surface area (Å²) < 4.78 is 0. The molecule has 1 aliphatic rings. The molecular weight excluding hydrogens is 298 g/mol. The molecule has 0 saturated carbocycles. The van der Waals surface area contributed by atoms with Crippen LogP contribution in [0.2, 0.25) is 0 Å². The maximum absolute atomic E-state index is 12.4. The van der Waals surface area contributed by atoms with Crippen molar-refractivity contribution in [3.05, 3.63) is 53.6 Å². The van der Waals surface area contributed by atoms with Crippen molar-refractivity contribution < 1.29 is 4.79 Å².